The van der Waals surface area contributed by atoms with Gasteiger partial charge >= 0.3 is 0 Å². The molecule has 0 bridgehead atoms. The number of halogens is 1. The summed E-state index contributed by atoms with van der Waals surface area (Å²) in [5.74, 6) is 0. The molecule has 0 saturated heterocycles. The Balaban J connectivity index is 2.38. The first-order valence-corrected chi connectivity index (χ1v) is 5.40. The predicted molar refractivity (Wildman–Crippen MR) is 62.6 cm³/mol. The minimum absolute atomic E-state index is 0.625. The maximum Gasteiger partial charge on any atom is 0.0622 e. The molecular weight excluding hydrogens is 208 g/mol. The maximum atomic E-state index is 8.42. The fourth-order valence-corrected chi connectivity index (χ4v) is 1.67. The van der Waals surface area contributed by atoms with E-state index in [1.807, 2.05) is 18.2 Å². The molecule has 2 nitrogen and oxygen atoms in total. The van der Waals surface area contributed by atoms with E-state index in [0.29, 0.717) is 6.42 Å². The quantitative estimate of drug-likeness (QED) is 0.716. The molecule has 0 unspecified atom stereocenters. The van der Waals surface area contributed by atoms with Gasteiger partial charge in [-0.1, -0.05) is 23.7 Å². The molecule has 0 fully saturated rings. The van der Waals surface area contributed by atoms with Crippen LogP contribution in [0.15, 0.2) is 24.3 Å². The molecule has 0 aliphatic heterocycles. The molecule has 1 aromatic carbocycles. The Bertz CT molecular complexity index is 344. The summed E-state index contributed by atoms with van der Waals surface area (Å²) < 4.78 is 0. The Morgan fingerprint density at radius 3 is 2.93 bits per heavy atom. The van der Waals surface area contributed by atoms with Gasteiger partial charge < -0.3 is 4.90 Å². The van der Waals surface area contributed by atoms with Crippen LogP contribution >= 0.6 is 11.6 Å². The second-order valence-corrected chi connectivity index (χ2v) is 4.07. The van der Waals surface area contributed by atoms with Crippen molar-refractivity contribution in [3.8, 4) is 6.07 Å². The smallest absolute Gasteiger partial charge is 0.0622 e. The van der Waals surface area contributed by atoms with E-state index in [-0.39, 0.29) is 0 Å². The molecule has 0 saturated carbocycles. The molecule has 0 spiro atoms. The topological polar surface area (TPSA) is 27.0 Å². The number of benzene rings is 1. The Hall–Kier alpha value is -1.04. The Morgan fingerprint density at radius 2 is 2.27 bits per heavy atom. The van der Waals surface area contributed by atoms with Gasteiger partial charge in [0, 0.05) is 18.0 Å². The summed E-state index contributed by atoms with van der Waals surface area (Å²) in [4.78, 5) is 2.20. The molecule has 15 heavy (non-hydrogen) atoms. The maximum absolute atomic E-state index is 8.42. The first-order valence-electron chi connectivity index (χ1n) is 5.02. The fourth-order valence-electron chi connectivity index (χ4n) is 1.45. The summed E-state index contributed by atoms with van der Waals surface area (Å²) in [5, 5.41) is 9.20. The molecule has 0 aliphatic carbocycles. The Labute approximate surface area is 96.1 Å². The highest BCUT2D eigenvalue weighted by Gasteiger charge is 2.00. The summed E-state index contributed by atoms with van der Waals surface area (Å²) in [6, 6.07) is 10.0. The summed E-state index contributed by atoms with van der Waals surface area (Å²) in [6.07, 6.45) is 1.55. The van der Waals surface area contributed by atoms with Crippen molar-refractivity contribution in [2.45, 2.75) is 19.4 Å². The van der Waals surface area contributed by atoms with E-state index in [4.69, 9.17) is 16.9 Å². The molecule has 0 aromatic heterocycles. The summed E-state index contributed by atoms with van der Waals surface area (Å²) >= 11 is 5.89. The van der Waals surface area contributed by atoms with Crippen LogP contribution in [0, 0.1) is 11.3 Å². The lowest BCUT2D eigenvalue weighted by Crippen LogP contribution is -2.18. The number of hydrogen-bond acceptors (Lipinski definition) is 2. The molecule has 3 heteroatoms. The Kier molecular flexibility index (Phi) is 5.17. The van der Waals surface area contributed by atoms with Crippen LogP contribution in [-0.2, 0) is 6.54 Å². The molecule has 0 atom stereocenters. The molecule has 1 rings (SSSR count). The van der Waals surface area contributed by atoms with Gasteiger partial charge in [-0.3, -0.25) is 0 Å². The van der Waals surface area contributed by atoms with Crippen molar-refractivity contribution in [2.24, 2.45) is 0 Å². The zero-order chi connectivity index (χ0) is 11.1. The lowest BCUT2D eigenvalue weighted by atomic mass is 10.2. The van der Waals surface area contributed by atoms with Crippen molar-refractivity contribution in [2.75, 3.05) is 13.6 Å². The van der Waals surface area contributed by atoms with E-state index >= 15 is 0 Å². The van der Waals surface area contributed by atoms with Crippen LogP contribution in [0.25, 0.3) is 0 Å². The second kappa shape index (κ2) is 6.44. The van der Waals surface area contributed by atoms with Gasteiger partial charge in [0.15, 0.2) is 0 Å². The van der Waals surface area contributed by atoms with Crippen molar-refractivity contribution in [1.29, 1.82) is 5.26 Å². The van der Waals surface area contributed by atoms with Gasteiger partial charge in [-0.15, -0.1) is 0 Å². The molecule has 80 valence electrons. The predicted octanol–water partition coefficient (Wildman–Crippen LogP) is 3.08. The van der Waals surface area contributed by atoms with Crippen molar-refractivity contribution < 1.29 is 0 Å². The highest BCUT2D eigenvalue weighted by molar-refractivity contribution is 6.30. The normalized spacial score (nSPS) is 10.3. The molecule has 1 aromatic rings. The third-order valence-electron chi connectivity index (χ3n) is 2.17. The van der Waals surface area contributed by atoms with Gasteiger partial charge in [-0.05, 0) is 37.7 Å². The number of unbranched alkanes of at least 4 members (excludes halogenated alkanes) is 1. The van der Waals surface area contributed by atoms with Crippen LogP contribution in [0.3, 0.4) is 0 Å². The first-order chi connectivity index (χ1) is 7.22. The van der Waals surface area contributed by atoms with Gasteiger partial charge in [0.05, 0.1) is 6.07 Å². The van der Waals surface area contributed by atoms with Gasteiger partial charge in [-0.2, -0.15) is 5.26 Å². The van der Waals surface area contributed by atoms with Gasteiger partial charge in [0.2, 0.25) is 0 Å². The number of nitrogens with zero attached hydrogens (tertiary/aromatic N) is 2. The van der Waals surface area contributed by atoms with Crippen LogP contribution in [0.5, 0.6) is 0 Å². The van der Waals surface area contributed by atoms with E-state index < -0.39 is 0 Å². The second-order valence-electron chi connectivity index (χ2n) is 3.63. The minimum Gasteiger partial charge on any atom is -0.302 e. The SMILES string of the molecule is CN(CCCC#N)Cc1cccc(Cl)c1. The van der Waals surface area contributed by atoms with E-state index in [1.165, 1.54) is 5.56 Å². The molecule has 0 radical (unpaired) electrons. The minimum atomic E-state index is 0.625. The third kappa shape index (κ3) is 4.83. The van der Waals surface area contributed by atoms with E-state index in [0.717, 1.165) is 24.5 Å². The van der Waals surface area contributed by atoms with E-state index in [1.54, 1.807) is 0 Å². The summed E-state index contributed by atoms with van der Waals surface area (Å²) in [5.41, 5.74) is 1.21. The lowest BCUT2D eigenvalue weighted by Gasteiger charge is -2.15. The van der Waals surface area contributed by atoms with Gasteiger partial charge in [0.25, 0.3) is 0 Å². The lowest BCUT2D eigenvalue weighted by molar-refractivity contribution is 0.323. The molecule has 0 aliphatic rings. The van der Waals surface area contributed by atoms with Crippen molar-refractivity contribution >= 4 is 11.6 Å². The van der Waals surface area contributed by atoms with Crippen LogP contribution < -0.4 is 0 Å². The zero-order valence-electron chi connectivity index (χ0n) is 8.91. The standard InChI is InChI=1S/C12H15ClN2/c1-15(8-3-2-7-14)10-11-5-4-6-12(13)9-11/h4-6,9H,2-3,8,10H2,1H3. The van der Waals surface area contributed by atoms with Crippen LogP contribution in [-0.4, -0.2) is 18.5 Å². The number of hydrogen-bond donors (Lipinski definition) is 0. The number of rotatable bonds is 5. The van der Waals surface area contributed by atoms with E-state index in [2.05, 4.69) is 24.1 Å². The van der Waals surface area contributed by atoms with E-state index in [9.17, 15) is 0 Å². The highest BCUT2D eigenvalue weighted by atomic mass is 35.5. The molecule has 0 amide bonds. The van der Waals surface area contributed by atoms with Gasteiger partial charge in [-0.25, -0.2) is 0 Å². The van der Waals surface area contributed by atoms with Crippen molar-refractivity contribution in [3.05, 3.63) is 34.9 Å². The first kappa shape index (κ1) is 12.0. The summed E-state index contributed by atoms with van der Waals surface area (Å²) in [6.45, 7) is 1.83. The van der Waals surface area contributed by atoms with Crippen molar-refractivity contribution in [1.82, 2.24) is 4.90 Å². The molecule has 0 heterocycles. The van der Waals surface area contributed by atoms with Crippen LogP contribution in [0.2, 0.25) is 5.02 Å². The third-order valence-corrected chi connectivity index (χ3v) is 2.41. The van der Waals surface area contributed by atoms with Gasteiger partial charge in [0.1, 0.15) is 0 Å². The largest absolute Gasteiger partial charge is 0.302 e. The summed E-state index contributed by atoms with van der Waals surface area (Å²) in [7, 11) is 2.05. The average molecular weight is 223 g/mol. The molecular formula is C12H15ClN2. The monoisotopic (exact) mass is 222 g/mol. The van der Waals surface area contributed by atoms with Crippen LogP contribution in [0.1, 0.15) is 18.4 Å². The highest BCUT2D eigenvalue weighted by Crippen LogP contribution is 2.12. The average Bonchev–Trinajstić information content (AvgIpc) is 2.18. The number of nitriles is 1. The fraction of sp³-hybridized carbons (Fsp3) is 0.417. The van der Waals surface area contributed by atoms with Crippen LogP contribution in [0.4, 0.5) is 0 Å². The zero-order valence-corrected chi connectivity index (χ0v) is 9.67. The Morgan fingerprint density at radius 1 is 1.47 bits per heavy atom. The van der Waals surface area contributed by atoms with Crippen molar-refractivity contribution in [3.63, 3.8) is 0 Å². The molecule has 0 N–H and O–H groups in total.